The second-order valence-electron chi connectivity index (χ2n) is 6.63. The van der Waals surface area contributed by atoms with E-state index in [9.17, 15) is 9.59 Å². The molecule has 0 aliphatic heterocycles. The number of nitrogens with zero attached hydrogens (tertiary/aromatic N) is 1. The molecule has 0 saturated carbocycles. The number of rotatable bonds is 9. The van der Waals surface area contributed by atoms with Crippen molar-refractivity contribution in [2.75, 3.05) is 26.1 Å². The molecule has 0 bridgehead atoms. The predicted octanol–water partition coefficient (Wildman–Crippen LogP) is 3.98. The number of furan rings is 1. The lowest BCUT2D eigenvalue weighted by Gasteiger charge is -2.19. The molecular weight excluding hydrogens is 396 g/mol. The molecule has 7 nitrogen and oxygen atoms in total. The zero-order valence-corrected chi connectivity index (χ0v) is 17.4. The van der Waals surface area contributed by atoms with Crippen molar-refractivity contribution in [3.63, 3.8) is 0 Å². The molecule has 0 fully saturated rings. The Hall–Kier alpha value is -4.00. The van der Waals surface area contributed by atoms with E-state index in [2.05, 4.69) is 5.32 Å². The van der Waals surface area contributed by atoms with E-state index >= 15 is 0 Å². The van der Waals surface area contributed by atoms with Crippen molar-refractivity contribution < 1.29 is 23.5 Å². The average molecular weight is 420 g/mol. The highest BCUT2D eigenvalue weighted by atomic mass is 16.5. The number of carbonyl (C=O) groups excluding carboxylic acids is 2. The number of hydrogen-bond donors (Lipinski definition) is 1. The van der Waals surface area contributed by atoms with E-state index < -0.39 is 0 Å². The van der Waals surface area contributed by atoms with Gasteiger partial charge >= 0.3 is 0 Å². The monoisotopic (exact) mass is 420 g/mol. The van der Waals surface area contributed by atoms with Gasteiger partial charge in [-0.3, -0.25) is 9.59 Å². The molecule has 160 valence electrons. The molecule has 3 rings (SSSR count). The number of nitrogens with one attached hydrogen (secondary N) is 1. The van der Waals surface area contributed by atoms with Crippen molar-refractivity contribution in [1.82, 2.24) is 4.90 Å². The fraction of sp³-hybridized carbons (Fsp3) is 0.167. The van der Waals surface area contributed by atoms with Crippen LogP contribution in [-0.4, -0.2) is 37.5 Å². The van der Waals surface area contributed by atoms with Gasteiger partial charge in [-0.15, -0.1) is 0 Å². The highest BCUT2D eigenvalue weighted by molar-refractivity contribution is 5.98. The first-order chi connectivity index (χ1) is 15.1. The highest BCUT2D eigenvalue weighted by Crippen LogP contribution is 2.25. The lowest BCUT2D eigenvalue weighted by Crippen LogP contribution is -2.36. The summed E-state index contributed by atoms with van der Waals surface area (Å²) in [5.41, 5.74) is 1.34. The van der Waals surface area contributed by atoms with Crippen LogP contribution in [0.5, 0.6) is 11.5 Å². The largest absolute Gasteiger partial charge is 0.497 e. The summed E-state index contributed by atoms with van der Waals surface area (Å²) in [6.07, 6.45) is 4.56. The van der Waals surface area contributed by atoms with Crippen LogP contribution in [-0.2, 0) is 16.1 Å². The van der Waals surface area contributed by atoms with E-state index in [0.717, 1.165) is 0 Å². The van der Waals surface area contributed by atoms with Crippen molar-refractivity contribution in [2.45, 2.75) is 6.54 Å². The number of ether oxygens (including phenoxy) is 2. The lowest BCUT2D eigenvalue weighted by molar-refractivity contribution is -0.131. The van der Waals surface area contributed by atoms with Gasteiger partial charge in [0, 0.05) is 17.3 Å². The molecule has 1 heterocycles. The number of hydrogen-bond acceptors (Lipinski definition) is 5. The van der Waals surface area contributed by atoms with Crippen LogP contribution in [0, 0.1) is 0 Å². The third-order valence-electron chi connectivity index (χ3n) is 4.47. The third-order valence-corrected chi connectivity index (χ3v) is 4.47. The number of amides is 2. The smallest absolute Gasteiger partial charge is 0.247 e. The first-order valence-corrected chi connectivity index (χ1v) is 9.65. The molecule has 0 unspecified atom stereocenters. The van der Waals surface area contributed by atoms with E-state index in [1.54, 1.807) is 62.8 Å². The Bertz CT molecular complexity index is 1030. The van der Waals surface area contributed by atoms with Gasteiger partial charge in [-0.2, -0.15) is 0 Å². The van der Waals surface area contributed by atoms with Gasteiger partial charge in [-0.25, -0.2) is 0 Å². The van der Waals surface area contributed by atoms with Crippen LogP contribution in [0.25, 0.3) is 6.08 Å². The van der Waals surface area contributed by atoms with E-state index in [0.29, 0.717) is 28.5 Å². The Morgan fingerprint density at radius 2 is 1.84 bits per heavy atom. The molecule has 31 heavy (non-hydrogen) atoms. The summed E-state index contributed by atoms with van der Waals surface area (Å²) in [6, 6.07) is 17.9. The fourth-order valence-corrected chi connectivity index (χ4v) is 2.93. The minimum Gasteiger partial charge on any atom is -0.497 e. The molecule has 7 heteroatoms. The van der Waals surface area contributed by atoms with Gasteiger partial charge in [0.05, 0.1) is 27.0 Å². The Kier molecular flexibility index (Phi) is 7.48. The van der Waals surface area contributed by atoms with Crippen molar-refractivity contribution in [3.8, 4) is 11.5 Å². The Labute approximate surface area is 180 Å². The van der Waals surface area contributed by atoms with Crippen LogP contribution in [0.2, 0.25) is 0 Å². The number of carbonyl (C=O) groups is 2. The van der Waals surface area contributed by atoms with E-state index in [1.165, 1.54) is 17.2 Å². The quantitative estimate of drug-likeness (QED) is 0.530. The molecule has 0 spiro atoms. The Morgan fingerprint density at radius 3 is 2.52 bits per heavy atom. The second kappa shape index (κ2) is 10.7. The third kappa shape index (κ3) is 6.24. The summed E-state index contributed by atoms with van der Waals surface area (Å²) in [5, 5.41) is 2.79. The van der Waals surface area contributed by atoms with E-state index in [-0.39, 0.29) is 24.9 Å². The number of anilines is 1. The van der Waals surface area contributed by atoms with Gasteiger partial charge in [0.1, 0.15) is 23.8 Å². The van der Waals surface area contributed by atoms with Crippen LogP contribution in [0.15, 0.2) is 77.4 Å². The maximum Gasteiger partial charge on any atom is 0.247 e. The maximum absolute atomic E-state index is 12.9. The summed E-state index contributed by atoms with van der Waals surface area (Å²) < 4.78 is 15.9. The topological polar surface area (TPSA) is 81.0 Å². The summed E-state index contributed by atoms with van der Waals surface area (Å²) in [5.74, 6) is 1.17. The number of methoxy groups -OCH3 is 2. The lowest BCUT2D eigenvalue weighted by atomic mass is 10.1. The van der Waals surface area contributed by atoms with Gasteiger partial charge in [0.25, 0.3) is 0 Å². The molecule has 0 aliphatic rings. The molecule has 1 N–H and O–H groups in total. The standard InChI is InChI=1S/C24H24N2O5/c1-29-20-11-12-22(30-2)18(15-20)10-13-24(28)26(16-21-9-6-14-31-21)17-23(27)25-19-7-4-3-5-8-19/h3-15H,16-17H2,1-2H3,(H,25,27)/b13-10+. The Balaban J connectivity index is 1.76. The number of benzene rings is 2. The van der Waals surface area contributed by atoms with Crippen LogP contribution in [0.1, 0.15) is 11.3 Å². The van der Waals surface area contributed by atoms with Crippen molar-refractivity contribution in [2.24, 2.45) is 0 Å². The fourth-order valence-electron chi connectivity index (χ4n) is 2.93. The summed E-state index contributed by atoms with van der Waals surface area (Å²) in [7, 11) is 3.12. The summed E-state index contributed by atoms with van der Waals surface area (Å²) >= 11 is 0. The molecule has 1 aromatic heterocycles. The molecule has 0 atom stereocenters. The van der Waals surface area contributed by atoms with Gasteiger partial charge in [0.2, 0.25) is 11.8 Å². The molecule has 0 radical (unpaired) electrons. The predicted molar refractivity (Wildman–Crippen MR) is 118 cm³/mol. The van der Waals surface area contributed by atoms with Crippen LogP contribution < -0.4 is 14.8 Å². The number of para-hydroxylation sites is 1. The molecular formula is C24H24N2O5. The van der Waals surface area contributed by atoms with Crippen molar-refractivity contribution in [3.05, 3.63) is 84.3 Å². The van der Waals surface area contributed by atoms with Crippen LogP contribution >= 0.6 is 0 Å². The second-order valence-corrected chi connectivity index (χ2v) is 6.63. The van der Waals surface area contributed by atoms with Gasteiger partial charge in [0.15, 0.2) is 0 Å². The van der Waals surface area contributed by atoms with Crippen LogP contribution in [0.4, 0.5) is 5.69 Å². The first-order valence-electron chi connectivity index (χ1n) is 9.65. The van der Waals surface area contributed by atoms with Gasteiger partial charge in [-0.05, 0) is 48.5 Å². The van der Waals surface area contributed by atoms with Gasteiger partial charge < -0.3 is 24.1 Å². The molecule has 2 aromatic carbocycles. The maximum atomic E-state index is 12.9. The van der Waals surface area contributed by atoms with E-state index in [4.69, 9.17) is 13.9 Å². The molecule has 0 saturated heterocycles. The minimum absolute atomic E-state index is 0.131. The first kappa shape index (κ1) is 21.7. The zero-order valence-electron chi connectivity index (χ0n) is 17.4. The van der Waals surface area contributed by atoms with Crippen molar-refractivity contribution in [1.29, 1.82) is 0 Å². The Morgan fingerprint density at radius 1 is 1.03 bits per heavy atom. The van der Waals surface area contributed by atoms with Crippen LogP contribution in [0.3, 0.4) is 0 Å². The zero-order chi connectivity index (χ0) is 22.1. The molecule has 2 amide bonds. The SMILES string of the molecule is COc1ccc(OC)c(/C=C/C(=O)N(CC(=O)Nc2ccccc2)Cc2ccco2)c1. The van der Waals surface area contributed by atoms with E-state index in [1.807, 2.05) is 18.2 Å². The van der Waals surface area contributed by atoms with Crippen molar-refractivity contribution >= 4 is 23.6 Å². The summed E-state index contributed by atoms with van der Waals surface area (Å²) in [4.78, 5) is 26.9. The average Bonchev–Trinajstić information content (AvgIpc) is 3.30. The van der Waals surface area contributed by atoms with Gasteiger partial charge in [-0.1, -0.05) is 18.2 Å². The summed E-state index contributed by atoms with van der Waals surface area (Å²) in [6.45, 7) is 0.0294. The molecule has 0 aliphatic carbocycles. The molecule has 3 aromatic rings. The highest BCUT2D eigenvalue weighted by Gasteiger charge is 2.17. The minimum atomic E-state index is -0.343. The normalized spacial score (nSPS) is 10.6.